The maximum absolute atomic E-state index is 13.0. The zero-order chi connectivity index (χ0) is 21.1. The largest absolute Gasteiger partial charge is 0.344 e. The second-order valence-corrected chi connectivity index (χ2v) is 8.70. The van der Waals surface area contributed by atoms with E-state index >= 15 is 0 Å². The van der Waals surface area contributed by atoms with E-state index in [0.29, 0.717) is 5.02 Å². The molecule has 0 radical (unpaired) electrons. The van der Waals surface area contributed by atoms with Crippen LogP contribution in [0.2, 0.25) is 5.02 Å². The lowest BCUT2D eigenvalue weighted by Gasteiger charge is -2.30. The summed E-state index contributed by atoms with van der Waals surface area (Å²) in [7, 11) is 0. The Kier molecular flexibility index (Phi) is 5.91. The Labute approximate surface area is 181 Å². The number of carbonyl (C=O) groups excluding carboxylic acids is 3. The van der Waals surface area contributed by atoms with Gasteiger partial charge in [0.2, 0.25) is 17.7 Å². The van der Waals surface area contributed by atoms with Crippen LogP contribution in [-0.2, 0) is 14.4 Å². The molecule has 2 fully saturated rings. The lowest BCUT2D eigenvalue weighted by molar-refractivity contribution is -0.145. The summed E-state index contributed by atoms with van der Waals surface area (Å²) in [5.74, 6) is -0.765. The number of halogens is 1. The number of imide groups is 1. The van der Waals surface area contributed by atoms with Crippen molar-refractivity contribution < 1.29 is 14.4 Å². The van der Waals surface area contributed by atoms with Crippen molar-refractivity contribution in [2.75, 3.05) is 6.54 Å². The zero-order valence-corrected chi connectivity index (χ0v) is 17.5. The van der Waals surface area contributed by atoms with Crippen LogP contribution in [0.5, 0.6) is 0 Å². The van der Waals surface area contributed by atoms with Crippen LogP contribution in [0, 0.1) is 5.41 Å². The third-order valence-corrected chi connectivity index (χ3v) is 6.50. The molecule has 2 aromatic rings. The highest BCUT2D eigenvalue weighted by atomic mass is 35.5. The SMILES string of the molecule is O=C(CN1C(=O)CC2(CCCCC2)C1=O)NC(c1ccccc1)c1ccc(Cl)cc1. The number of nitrogens with one attached hydrogen (secondary N) is 1. The van der Waals surface area contributed by atoms with Gasteiger partial charge in [-0.15, -0.1) is 0 Å². The fraction of sp³-hybridized carbons (Fsp3) is 0.375. The van der Waals surface area contributed by atoms with Gasteiger partial charge in [-0.05, 0) is 36.1 Å². The first-order chi connectivity index (χ1) is 14.5. The molecule has 30 heavy (non-hydrogen) atoms. The first-order valence-corrected chi connectivity index (χ1v) is 10.8. The monoisotopic (exact) mass is 424 g/mol. The van der Waals surface area contributed by atoms with Crippen LogP contribution in [0.4, 0.5) is 0 Å². The van der Waals surface area contributed by atoms with E-state index in [-0.39, 0.29) is 30.7 Å². The molecule has 6 heteroatoms. The van der Waals surface area contributed by atoms with E-state index in [1.165, 1.54) is 0 Å². The molecule has 1 N–H and O–H groups in total. The zero-order valence-electron chi connectivity index (χ0n) is 16.8. The van der Waals surface area contributed by atoms with Gasteiger partial charge in [0, 0.05) is 11.4 Å². The fourth-order valence-electron chi connectivity index (χ4n) is 4.65. The van der Waals surface area contributed by atoms with Gasteiger partial charge in [-0.3, -0.25) is 19.3 Å². The summed E-state index contributed by atoms with van der Waals surface area (Å²) in [6.07, 6.45) is 4.75. The van der Waals surface area contributed by atoms with Crippen LogP contribution in [-0.4, -0.2) is 29.2 Å². The normalized spacial score (nSPS) is 19.2. The van der Waals surface area contributed by atoms with Crippen molar-refractivity contribution in [2.45, 2.75) is 44.6 Å². The van der Waals surface area contributed by atoms with Crippen LogP contribution in [0.15, 0.2) is 54.6 Å². The van der Waals surface area contributed by atoms with Gasteiger partial charge in [-0.1, -0.05) is 73.3 Å². The molecule has 0 bridgehead atoms. The van der Waals surface area contributed by atoms with E-state index in [9.17, 15) is 14.4 Å². The van der Waals surface area contributed by atoms with E-state index < -0.39 is 11.5 Å². The molecule has 1 aliphatic heterocycles. The lowest BCUT2D eigenvalue weighted by Crippen LogP contribution is -2.44. The minimum Gasteiger partial charge on any atom is -0.344 e. The molecular formula is C24H25ClN2O3. The highest BCUT2D eigenvalue weighted by molar-refractivity contribution is 6.30. The molecule has 1 saturated heterocycles. The van der Waals surface area contributed by atoms with Crippen molar-refractivity contribution in [1.29, 1.82) is 0 Å². The fourth-order valence-corrected chi connectivity index (χ4v) is 4.78. The summed E-state index contributed by atoms with van der Waals surface area (Å²) in [4.78, 5) is 39.6. The smallest absolute Gasteiger partial charge is 0.240 e. The minimum atomic E-state index is -0.579. The molecule has 1 aliphatic carbocycles. The van der Waals surface area contributed by atoms with Gasteiger partial charge < -0.3 is 5.32 Å². The number of nitrogens with zero attached hydrogens (tertiary/aromatic N) is 1. The molecule has 1 saturated carbocycles. The number of likely N-dealkylation sites (tertiary alicyclic amines) is 1. The van der Waals surface area contributed by atoms with Gasteiger partial charge in [-0.25, -0.2) is 0 Å². The third-order valence-electron chi connectivity index (χ3n) is 6.24. The minimum absolute atomic E-state index is 0.176. The van der Waals surface area contributed by atoms with Crippen molar-refractivity contribution >= 4 is 29.3 Å². The van der Waals surface area contributed by atoms with Gasteiger partial charge in [0.05, 0.1) is 11.5 Å². The van der Waals surface area contributed by atoms with Crippen LogP contribution >= 0.6 is 11.6 Å². The van der Waals surface area contributed by atoms with E-state index in [1.54, 1.807) is 12.1 Å². The molecule has 0 aromatic heterocycles. The van der Waals surface area contributed by atoms with Crippen LogP contribution in [0.1, 0.15) is 55.7 Å². The molecule has 1 atom stereocenters. The van der Waals surface area contributed by atoms with E-state index in [2.05, 4.69) is 5.32 Å². The Morgan fingerprint density at radius 1 is 0.967 bits per heavy atom. The van der Waals surface area contributed by atoms with Gasteiger partial charge in [0.1, 0.15) is 6.54 Å². The quantitative estimate of drug-likeness (QED) is 0.729. The third kappa shape index (κ3) is 4.12. The Morgan fingerprint density at radius 2 is 1.60 bits per heavy atom. The molecular weight excluding hydrogens is 400 g/mol. The summed E-state index contributed by atoms with van der Waals surface area (Å²) >= 11 is 6.02. The van der Waals surface area contributed by atoms with Crippen LogP contribution < -0.4 is 5.32 Å². The Bertz CT molecular complexity index is 937. The number of hydrogen-bond acceptors (Lipinski definition) is 3. The summed E-state index contributed by atoms with van der Waals surface area (Å²) in [5, 5.41) is 3.61. The number of hydrogen-bond donors (Lipinski definition) is 1. The first-order valence-electron chi connectivity index (χ1n) is 10.4. The number of benzene rings is 2. The summed E-state index contributed by atoms with van der Waals surface area (Å²) in [6, 6.07) is 16.5. The Morgan fingerprint density at radius 3 is 2.27 bits per heavy atom. The summed E-state index contributed by atoms with van der Waals surface area (Å²) < 4.78 is 0. The second-order valence-electron chi connectivity index (χ2n) is 8.27. The number of carbonyl (C=O) groups is 3. The first kappa shape index (κ1) is 20.6. The van der Waals surface area contributed by atoms with Crippen molar-refractivity contribution in [3.8, 4) is 0 Å². The maximum atomic E-state index is 13.0. The predicted octanol–water partition coefficient (Wildman–Crippen LogP) is 4.26. The molecule has 156 valence electrons. The van der Waals surface area contributed by atoms with Gasteiger partial charge in [-0.2, -0.15) is 0 Å². The number of rotatable bonds is 5. The Balaban J connectivity index is 1.51. The van der Waals surface area contributed by atoms with Gasteiger partial charge >= 0.3 is 0 Å². The van der Waals surface area contributed by atoms with Crippen LogP contribution in [0.25, 0.3) is 0 Å². The molecule has 4 rings (SSSR count). The van der Waals surface area contributed by atoms with Crippen LogP contribution in [0.3, 0.4) is 0 Å². The average molecular weight is 425 g/mol. The summed E-state index contributed by atoms with van der Waals surface area (Å²) in [5.41, 5.74) is 1.21. The molecule has 3 amide bonds. The highest BCUT2D eigenvalue weighted by Gasteiger charge is 2.51. The molecule has 1 heterocycles. The molecule has 1 spiro atoms. The van der Waals surface area contributed by atoms with E-state index in [1.807, 2.05) is 42.5 Å². The average Bonchev–Trinajstić information content (AvgIpc) is 2.98. The molecule has 2 aromatic carbocycles. The lowest BCUT2D eigenvalue weighted by atomic mass is 9.73. The van der Waals surface area contributed by atoms with Crippen molar-refractivity contribution in [3.05, 3.63) is 70.7 Å². The number of amides is 3. The second kappa shape index (κ2) is 8.60. The van der Waals surface area contributed by atoms with Gasteiger partial charge in [0.25, 0.3) is 0 Å². The van der Waals surface area contributed by atoms with Crippen molar-refractivity contribution in [1.82, 2.24) is 10.2 Å². The Hall–Kier alpha value is -2.66. The van der Waals surface area contributed by atoms with Crippen molar-refractivity contribution in [3.63, 3.8) is 0 Å². The topological polar surface area (TPSA) is 66.5 Å². The summed E-state index contributed by atoms with van der Waals surface area (Å²) in [6.45, 7) is -0.240. The highest BCUT2D eigenvalue weighted by Crippen LogP contribution is 2.45. The van der Waals surface area contributed by atoms with Gasteiger partial charge in [0.15, 0.2) is 0 Å². The van der Waals surface area contributed by atoms with E-state index in [4.69, 9.17) is 11.6 Å². The van der Waals surface area contributed by atoms with Crippen molar-refractivity contribution in [2.24, 2.45) is 5.41 Å². The molecule has 5 nitrogen and oxygen atoms in total. The predicted molar refractivity (Wildman–Crippen MR) is 115 cm³/mol. The molecule has 2 aliphatic rings. The molecule has 1 unspecified atom stereocenters. The van der Waals surface area contributed by atoms with E-state index in [0.717, 1.165) is 48.1 Å². The standard InChI is InChI=1S/C24H25ClN2O3/c25-19-11-9-18(10-12-19)22(17-7-3-1-4-8-17)26-20(28)16-27-21(29)15-24(23(27)30)13-5-2-6-14-24/h1,3-4,7-12,22H,2,5-6,13-16H2,(H,26,28). The maximum Gasteiger partial charge on any atom is 0.240 e.